The Labute approximate surface area is 89.4 Å². The molecule has 0 spiro atoms. The van der Waals surface area contributed by atoms with E-state index in [4.69, 9.17) is 0 Å². The van der Waals surface area contributed by atoms with Gasteiger partial charge < -0.3 is 0 Å². The molecule has 0 fully saturated rings. The quantitative estimate of drug-likeness (QED) is 0.600. The molecule has 0 saturated heterocycles. The molecule has 0 nitrogen and oxygen atoms in total. The number of hydrogen-bond donors (Lipinski definition) is 0. The van der Waals surface area contributed by atoms with E-state index >= 15 is 0 Å². The highest BCUT2D eigenvalue weighted by Gasteiger charge is 1.96. The van der Waals surface area contributed by atoms with Crippen molar-refractivity contribution in [3.63, 3.8) is 0 Å². The molecule has 0 amide bonds. The van der Waals surface area contributed by atoms with E-state index < -0.39 is 0 Å². The molecule has 0 aliphatic carbocycles. The smallest absolute Gasteiger partial charge is 0.0219 e. The standard InChI is InChI=1S/C10H14.C4H10/c1-8(2)10-6-4-5-9(3)7-10;1-4(2)3/h4-8H,1-3H3;4H,1-3H3. The Balaban J connectivity index is 0.000000364. The van der Waals surface area contributed by atoms with Crippen molar-refractivity contribution >= 4 is 0 Å². The Bertz CT molecular complexity index is 243. The average molecular weight is 192 g/mol. The topological polar surface area (TPSA) is 0 Å². The fourth-order valence-corrected chi connectivity index (χ4v) is 1.03. The highest BCUT2D eigenvalue weighted by Crippen LogP contribution is 2.14. The van der Waals surface area contributed by atoms with Crippen LogP contribution in [0.1, 0.15) is 51.7 Å². The van der Waals surface area contributed by atoms with Gasteiger partial charge in [-0.3, -0.25) is 0 Å². The number of aryl methyl sites for hydroxylation is 1. The van der Waals surface area contributed by atoms with Crippen LogP contribution in [0.5, 0.6) is 0 Å². The van der Waals surface area contributed by atoms with Crippen molar-refractivity contribution < 1.29 is 0 Å². The normalized spacial score (nSPS) is 10.0. The van der Waals surface area contributed by atoms with Gasteiger partial charge in [0, 0.05) is 0 Å². The highest BCUT2D eigenvalue weighted by atomic mass is 14.0. The van der Waals surface area contributed by atoms with Crippen molar-refractivity contribution in [2.75, 3.05) is 0 Å². The van der Waals surface area contributed by atoms with Gasteiger partial charge in [-0.1, -0.05) is 64.4 Å². The summed E-state index contributed by atoms with van der Waals surface area (Å²) in [5.41, 5.74) is 2.78. The SMILES string of the molecule is CC(C)C.Cc1cccc(C(C)C)c1. The second kappa shape index (κ2) is 6.64. The Morgan fingerprint density at radius 2 is 1.43 bits per heavy atom. The molecule has 1 rings (SSSR count). The third kappa shape index (κ3) is 6.71. The van der Waals surface area contributed by atoms with E-state index in [0.29, 0.717) is 5.92 Å². The molecular weight excluding hydrogens is 168 g/mol. The van der Waals surface area contributed by atoms with Crippen LogP contribution in [0.4, 0.5) is 0 Å². The van der Waals surface area contributed by atoms with Crippen molar-refractivity contribution in [3.8, 4) is 0 Å². The van der Waals surface area contributed by atoms with Gasteiger partial charge in [0.15, 0.2) is 0 Å². The predicted octanol–water partition coefficient (Wildman–Crippen LogP) is 4.78. The van der Waals surface area contributed by atoms with E-state index in [1.165, 1.54) is 11.1 Å². The molecule has 0 heterocycles. The molecule has 1 aromatic carbocycles. The van der Waals surface area contributed by atoms with E-state index in [2.05, 4.69) is 65.8 Å². The van der Waals surface area contributed by atoms with Crippen molar-refractivity contribution in [1.82, 2.24) is 0 Å². The number of hydrogen-bond acceptors (Lipinski definition) is 0. The molecule has 1 aromatic rings. The summed E-state index contributed by atoms with van der Waals surface area (Å²) in [7, 11) is 0. The van der Waals surface area contributed by atoms with Crippen molar-refractivity contribution in [3.05, 3.63) is 35.4 Å². The van der Waals surface area contributed by atoms with Gasteiger partial charge in [-0.15, -0.1) is 0 Å². The fraction of sp³-hybridized carbons (Fsp3) is 0.571. The van der Waals surface area contributed by atoms with Crippen molar-refractivity contribution in [1.29, 1.82) is 0 Å². The predicted molar refractivity (Wildman–Crippen MR) is 65.8 cm³/mol. The maximum Gasteiger partial charge on any atom is -0.0219 e. The van der Waals surface area contributed by atoms with Crippen LogP contribution in [0.3, 0.4) is 0 Å². The minimum atomic E-state index is 0.653. The third-order valence-electron chi connectivity index (χ3n) is 1.71. The van der Waals surface area contributed by atoms with Gasteiger partial charge in [0.1, 0.15) is 0 Å². The lowest BCUT2D eigenvalue weighted by molar-refractivity contribution is 0.737. The minimum Gasteiger partial charge on any atom is -0.0630 e. The third-order valence-corrected chi connectivity index (χ3v) is 1.71. The molecule has 0 bridgehead atoms. The molecule has 0 saturated carbocycles. The largest absolute Gasteiger partial charge is 0.0630 e. The summed E-state index contributed by atoms with van der Waals surface area (Å²) in [6, 6.07) is 8.67. The zero-order chi connectivity index (χ0) is 11.1. The second-order valence-corrected chi connectivity index (χ2v) is 4.80. The van der Waals surface area contributed by atoms with Crippen molar-refractivity contribution in [2.24, 2.45) is 5.92 Å². The molecule has 0 aliphatic heterocycles. The molecule has 0 aliphatic rings. The molecule has 0 heteroatoms. The van der Waals surface area contributed by atoms with E-state index in [1.54, 1.807) is 0 Å². The summed E-state index contributed by atoms with van der Waals surface area (Å²) in [6.45, 7) is 13.1. The highest BCUT2D eigenvalue weighted by molar-refractivity contribution is 5.24. The number of benzene rings is 1. The zero-order valence-electron chi connectivity index (χ0n) is 10.5. The molecule has 0 atom stereocenters. The first kappa shape index (κ1) is 13.2. The van der Waals surface area contributed by atoms with Crippen LogP contribution < -0.4 is 0 Å². The zero-order valence-corrected chi connectivity index (χ0v) is 10.5. The van der Waals surface area contributed by atoms with Gasteiger partial charge in [-0.25, -0.2) is 0 Å². The fourth-order valence-electron chi connectivity index (χ4n) is 1.03. The van der Waals surface area contributed by atoms with E-state index in [1.807, 2.05) is 0 Å². The molecule has 14 heavy (non-hydrogen) atoms. The maximum atomic E-state index is 2.24. The van der Waals surface area contributed by atoms with Gasteiger partial charge in [0.05, 0.1) is 0 Å². The summed E-state index contributed by atoms with van der Waals surface area (Å²) < 4.78 is 0. The van der Waals surface area contributed by atoms with Crippen LogP contribution in [0.15, 0.2) is 24.3 Å². The van der Waals surface area contributed by atoms with Crippen LogP contribution in [0, 0.1) is 12.8 Å². The molecule has 0 N–H and O–H groups in total. The van der Waals surface area contributed by atoms with Gasteiger partial charge in [0.2, 0.25) is 0 Å². The summed E-state index contributed by atoms with van der Waals surface area (Å²) in [5.74, 6) is 1.49. The monoisotopic (exact) mass is 192 g/mol. The van der Waals surface area contributed by atoms with Crippen LogP contribution in [-0.4, -0.2) is 0 Å². The Hall–Kier alpha value is -0.780. The van der Waals surface area contributed by atoms with Gasteiger partial charge in [-0.2, -0.15) is 0 Å². The molecule has 0 aromatic heterocycles. The van der Waals surface area contributed by atoms with Gasteiger partial charge >= 0.3 is 0 Å². The maximum absolute atomic E-state index is 2.24. The first-order valence-corrected chi connectivity index (χ1v) is 5.50. The summed E-state index contributed by atoms with van der Waals surface area (Å²) in [6.07, 6.45) is 0. The summed E-state index contributed by atoms with van der Waals surface area (Å²) in [4.78, 5) is 0. The first-order chi connectivity index (χ1) is 6.43. The Kier molecular flexibility index (Phi) is 6.27. The van der Waals surface area contributed by atoms with Crippen LogP contribution in [0.2, 0.25) is 0 Å². The lowest BCUT2D eigenvalue weighted by Crippen LogP contribution is -1.86. The van der Waals surface area contributed by atoms with E-state index in [9.17, 15) is 0 Å². The van der Waals surface area contributed by atoms with E-state index in [0.717, 1.165) is 5.92 Å². The Morgan fingerprint density at radius 1 is 0.929 bits per heavy atom. The Morgan fingerprint density at radius 3 is 1.71 bits per heavy atom. The lowest BCUT2D eigenvalue weighted by atomic mass is 10.0. The number of rotatable bonds is 1. The lowest BCUT2D eigenvalue weighted by Gasteiger charge is -2.04. The molecular formula is C14H24. The van der Waals surface area contributed by atoms with Gasteiger partial charge in [-0.05, 0) is 24.3 Å². The van der Waals surface area contributed by atoms with Crippen LogP contribution >= 0.6 is 0 Å². The van der Waals surface area contributed by atoms with E-state index in [-0.39, 0.29) is 0 Å². The minimum absolute atomic E-state index is 0.653. The molecule has 0 unspecified atom stereocenters. The van der Waals surface area contributed by atoms with Gasteiger partial charge in [0.25, 0.3) is 0 Å². The molecule has 80 valence electrons. The van der Waals surface area contributed by atoms with Crippen molar-refractivity contribution in [2.45, 2.75) is 47.5 Å². The summed E-state index contributed by atoms with van der Waals surface area (Å²) >= 11 is 0. The average Bonchev–Trinajstić information content (AvgIpc) is 2.03. The first-order valence-electron chi connectivity index (χ1n) is 5.50. The van der Waals surface area contributed by atoms with Crippen LogP contribution in [0.25, 0.3) is 0 Å². The summed E-state index contributed by atoms with van der Waals surface area (Å²) in [5, 5.41) is 0. The molecule has 0 radical (unpaired) electrons. The second-order valence-electron chi connectivity index (χ2n) is 4.80. The van der Waals surface area contributed by atoms with Crippen LogP contribution in [-0.2, 0) is 0 Å².